The minimum absolute atomic E-state index is 0.0175. The van der Waals surface area contributed by atoms with Crippen LogP contribution in [0.3, 0.4) is 0 Å². The third-order valence-electron chi connectivity index (χ3n) is 2.75. The lowest BCUT2D eigenvalue weighted by atomic mass is 10.4. The molecule has 104 valence electrons. The molecule has 1 fully saturated rings. The van der Waals surface area contributed by atoms with E-state index in [0.717, 1.165) is 13.0 Å². The Morgan fingerprint density at radius 1 is 1.42 bits per heavy atom. The zero-order valence-electron chi connectivity index (χ0n) is 10.5. The van der Waals surface area contributed by atoms with Crippen molar-refractivity contribution in [2.45, 2.75) is 31.8 Å². The molecule has 0 bridgehead atoms. The van der Waals surface area contributed by atoms with Crippen molar-refractivity contribution in [3.8, 4) is 0 Å². The topological polar surface area (TPSA) is 109 Å². The number of aromatic carboxylic acids is 1. The number of nitrogens with one attached hydrogen (secondary N) is 2. The number of aromatic nitrogens is 3. The Labute approximate surface area is 110 Å². The fourth-order valence-electron chi connectivity index (χ4n) is 1.59. The van der Waals surface area contributed by atoms with Crippen LogP contribution in [0.15, 0.2) is 6.20 Å². The summed E-state index contributed by atoms with van der Waals surface area (Å²) in [6.07, 6.45) is 4.62. The summed E-state index contributed by atoms with van der Waals surface area (Å²) in [5.74, 6) is -1.36. The maximum Gasteiger partial charge on any atom is 0.358 e. The molecule has 19 heavy (non-hydrogen) atoms. The van der Waals surface area contributed by atoms with Crippen LogP contribution in [0.4, 0.5) is 0 Å². The summed E-state index contributed by atoms with van der Waals surface area (Å²) in [7, 11) is 0. The molecule has 8 nitrogen and oxygen atoms in total. The van der Waals surface area contributed by atoms with E-state index in [0.29, 0.717) is 12.6 Å². The van der Waals surface area contributed by atoms with Crippen molar-refractivity contribution in [2.24, 2.45) is 0 Å². The second-order valence-electron chi connectivity index (χ2n) is 4.54. The highest BCUT2D eigenvalue weighted by Crippen LogP contribution is 2.18. The van der Waals surface area contributed by atoms with E-state index < -0.39 is 5.97 Å². The molecule has 1 aromatic heterocycles. The molecular formula is C11H17N5O3. The number of carbonyl (C=O) groups is 2. The van der Waals surface area contributed by atoms with Crippen LogP contribution in [0, 0.1) is 0 Å². The Morgan fingerprint density at radius 2 is 2.21 bits per heavy atom. The fraction of sp³-hybridized carbons (Fsp3) is 0.636. The van der Waals surface area contributed by atoms with Gasteiger partial charge in [0, 0.05) is 12.6 Å². The maximum atomic E-state index is 11.5. The van der Waals surface area contributed by atoms with E-state index in [4.69, 9.17) is 5.11 Å². The summed E-state index contributed by atoms with van der Waals surface area (Å²) >= 11 is 0. The molecular weight excluding hydrogens is 250 g/mol. The molecule has 3 N–H and O–H groups in total. The Balaban J connectivity index is 1.60. The van der Waals surface area contributed by atoms with Crippen LogP contribution in [-0.2, 0) is 11.3 Å². The highest BCUT2D eigenvalue weighted by Gasteiger charge is 2.19. The number of carboxylic acid groups (broad SMARTS) is 1. The molecule has 0 aromatic carbocycles. The van der Waals surface area contributed by atoms with Crippen LogP contribution in [0.1, 0.15) is 29.8 Å². The molecule has 2 rings (SSSR count). The molecule has 0 spiro atoms. The predicted octanol–water partition coefficient (Wildman–Crippen LogP) is -0.765. The summed E-state index contributed by atoms with van der Waals surface area (Å²) in [6.45, 7) is 1.48. The first-order valence-corrected chi connectivity index (χ1v) is 6.28. The van der Waals surface area contributed by atoms with Gasteiger partial charge < -0.3 is 15.7 Å². The van der Waals surface area contributed by atoms with Crippen LogP contribution in [0.25, 0.3) is 0 Å². The van der Waals surface area contributed by atoms with Gasteiger partial charge in [-0.1, -0.05) is 5.21 Å². The number of amides is 1. The van der Waals surface area contributed by atoms with Crippen LogP contribution >= 0.6 is 0 Å². The average molecular weight is 267 g/mol. The van der Waals surface area contributed by atoms with E-state index in [1.54, 1.807) is 0 Å². The Bertz CT molecular complexity index is 455. The lowest BCUT2D eigenvalue weighted by molar-refractivity contribution is -0.121. The van der Waals surface area contributed by atoms with Gasteiger partial charge in [-0.05, 0) is 25.8 Å². The van der Waals surface area contributed by atoms with Gasteiger partial charge in [0.25, 0.3) is 0 Å². The van der Waals surface area contributed by atoms with Crippen molar-refractivity contribution in [3.05, 3.63) is 11.9 Å². The number of rotatable bonds is 8. The van der Waals surface area contributed by atoms with Crippen molar-refractivity contribution in [3.63, 3.8) is 0 Å². The van der Waals surface area contributed by atoms with Gasteiger partial charge in [-0.25, -0.2) is 9.48 Å². The van der Waals surface area contributed by atoms with Crippen LogP contribution in [0.2, 0.25) is 0 Å². The summed E-state index contributed by atoms with van der Waals surface area (Å²) in [5.41, 5.74) is -0.165. The van der Waals surface area contributed by atoms with E-state index in [9.17, 15) is 9.59 Å². The van der Waals surface area contributed by atoms with Crippen LogP contribution in [0.5, 0.6) is 0 Å². The highest BCUT2D eigenvalue weighted by molar-refractivity contribution is 5.84. The molecule has 0 atom stereocenters. The molecule has 0 radical (unpaired) electrons. The van der Waals surface area contributed by atoms with E-state index in [2.05, 4.69) is 20.9 Å². The monoisotopic (exact) mass is 267 g/mol. The second-order valence-corrected chi connectivity index (χ2v) is 4.54. The molecule has 1 amide bonds. The first-order chi connectivity index (χ1) is 9.15. The van der Waals surface area contributed by atoms with Gasteiger partial charge in [0.05, 0.1) is 6.20 Å². The number of carbonyl (C=O) groups excluding carboxylic acids is 1. The summed E-state index contributed by atoms with van der Waals surface area (Å²) in [4.78, 5) is 22.1. The predicted molar refractivity (Wildman–Crippen MR) is 65.6 cm³/mol. The normalized spacial score (nSPS) is 14.3. The smallest absolute Gasteiger partial charge is 0.358 e. The number of hydrogen-bond donors (Lipinski definition) is 3. The maximum absolute atomic E-state index is 11.5. The minimum atomic E-state index is -1.15. The first-order valence-electron chi connectivity index (χ1n) is 6.28. The van der Waals surface area contributed by atoms with Crippen LogP contribution in [-0.4, -0.2) is 51.1 Å². The largest absolute Gasteiger partial charge is 0.476 e. The first kappa shape index (κ1) is 13.5. The van der Waals surface area contributed by atoms with Gasteiger partial charge in [-0.2, -0.15) is 0 Å². The van der Waals surface area contributed by atoms with Crippen molar-refractivity contribution >= 4 is 11.9 Å². The zero-order chi connectivity index (χ0) is 13.7. The molecule has 1 aliphatic rings. The molecule has 8 heteroatoms. The van der Waals surface area contributed by atoms with Crippen molar-refractivity contribution in [2.75, 3.05) is 13.1 Å². The van der Waals surface area contributed by atoms with Gasteiger partial charge in [0.15, 0.2) is 5.69 Å². The lowest BCUT2D eigenvalue weighted by Crippen LogP contribution is -2.30. The van der Waals surface area contributed by atoms with E-state index in [1.165, 1.54) is 23.7 Å². The van der Waals surface area contributed by atoms with Gasteiger partial charge in [-0.15, -0.1) is 5.10 Å². The van der Waals surface area contributed by atoms with E-state index >= 15 is 0 Å². The highest BCUT2D eigenvalue weighted by atomic mass is 16.4. The third-order valence-corrected chi connectivity index (χ3v) is 2.75. The minimum Gasteiger partial charge on any atom is -0.476 e. The molecule has 1 saturated carbocycles. The van der Waals surface area contributed by atoms with Gasteiger partial charge in [0.2, 0.25) is 5.91 Å². The summed E-state index contributed by atoms with van der Waals surface area (Å²) in [5, 5.41) is 21.8. The summed E-state index contributed by atoms with van der Waals surface area (Å²) < 4.78 is 1.21. The lowest BCUT2D eigenvalue weighted by Gasteiger charge is -2.05. The molecule has 1 aliphatic carbocycles. The molecule has 1 heterocycles. The van der Waals surface area contributed by atoms with Crippen molar-refractivity contribution in [1.29, 1.82) is 0 Å². The molecule has 1 aromatic rings. The van der Waals surface area contributed by atoms with Gasteiger partial charge in [0.1, 0.15) is 6.54 Å². The fourth-order valence-corrected chi connectivity index (χ4v) is 1.59. The third kappa shape index (κ3) is 4.66. The Hall–Kier alpha value is -1.96. The number of nitrogens with zero attached hydrogens (tertiary/aromatic N) is 3. The van der Waals surface area contributed by atoms with Crippen LogP contribution < -0.4 is 10.6 Å². The zero-order valence-corrected chi connectivity index (χ0v) is 10.5. The standard InChI is InChI=1S/C11H17N5O3/c17-10(13-5-1-4-12-8-2-3-8)7-16-6-9(11(18)19)14-15-16/h6,8,12H,1-5,7H2,(H,13,17)(H,18,19). The van der Waals surface area contributed by atoms with Crippen molar-refractivity contribution < 1.29 is 14.7 Å². The number of carboxylic acids is 1. The molecule has 0 saturated heterocycles. The van der Waals surface area contributed by atoms with Gasteiger partial charge in [-0.3, -0.25) is 4.79 Å². The summed E-state index contributed by atoms with van der Waals surface area (Å²) in [6, 6.07) is 0.681. The molecule has 0 aliphatic heterocycles. The molecule has 0 unspecified atom stereocenters. The van der Waals surface area contributed by atoms with Crippen molar-refractivity contribution in [1.82, 2.24) is 25.6 Å². The van der Waals surface area contributed by atoms with E-state index in [-0.39, 0.29) is 18.1 Å². The quantitative estimate of drug-likeness (QED) is 0.534. The second kappa shape index (κ2) is 6.28. The Morgan fingerprint density at radius 3 is 2.84 bits per heavy atom. The van der Waals surface area contributed by atoms with Gasteiger partial charge >= 0.3 is 5.97 Å². The van der Waals surface area contributed by atoms with E-state index in [1.807, 2.05) is 0 Å². The Kier molecular flexibility index (Phi) is 4.45. The SMILES string of the molecule is O=C(Cn1cc(C(=O)O)nn1)NCCCNC1CC1. The average Bonchev–Trinajstić information content (AvgIpc) is 3.06. The number of hydrogen-bond acceptors (Lipinski definition) is 5.